The Morgan fingerprint density at radius 1 is 0.941 bits per heavy atom. The number of carbonyl (C=O) groups excluding carboxylic acids is 1. The predicted octanol–water partition coefficient (Wildman–Crippen LogP) is 5.42. The zero-order valence-corrected chi connectivity index (χ0v) is 17.8. The summed E-state index contributed by atoms with van der Waals surface area (Å²) in [6.45, 7) is 3.42. The molecule has 4 aromatic rings. The van der Waals surface area contributed by atoms with E-state index in [0.717, 1.165) is 0 Å². The zero-order valence-electron chi connectivity index (χ0n) is 17.8. The van der Waals surface area contributed by atoms with Gasteiger partial charge >= 0.3 is 0 Å². The molecular formula is C23H16F6N4O. The number of fused-ring (bicyclic) bond motifs is 1. The van der Waals surface area contributed by atoms with Gasteiger partial charge in [-0.25, -0.2) is 35.8 Å². The second-order valence-corrected chi connectivity index (χ2v) is 7.56. The minimum Gasteiger partial charge on any atom is -0.321 e. The third-order valence-corrected chi connectivity index (χ3v) is 5.36. The van der Waals surface area contributed by atoms with Crippen molar-refractivity contribution in [2.24, 2.45) is 0 Å². The van der Waals surface area contributed by atoms with Crippen LogP contribution in [-0.2, 0) is 11.2 Å². The van der Waals surface area contributed by atoms with Gasteiger partial charge in [0.1, 0.15) is 11.5 Å². The van der Waals surface area contributed by atoms with Gasteiger partial charge in [0.25, 0.3) is 0 Å². The minimum absolute atomic E-state index is 0.0526. The molecule has 0 radical (unpaired) electrons. The molecule has 4 rings (SSSR count). The Morgan fingerprint density at radius 2 is 1.59 bits per heavy atom. The molecule has 34 heavy (non-hydrogen) atoms. The van der Waals surface area contributed by atoms with E-state index in [4.69, 9.17) is 0 Å². The van der Waals surface area contributed by atoms with E-state index in [1.807, 2.05) is 0 Å². The summed E-state index contributed by atoms with van der Waals surface area (Å²) in [6.07, 6.45) is -0.274. The second-order valence-electron chi connectivity index (χ2n) is 7.56. The molecule has 11 heteroatoms. The summed E-state index contributed by atoms with van der Waals surface area (Å²) in [6, 6.07) is 7.55. The van der Waals surface area contributed by atoms with Gasteiger partial charge in [0.05, 0.1) is 5.69 Å². The highest BCUT2D eigenvalue weighted by Crippen LogP contribution is 2.28. The summed E-state index contributed by atoms with van der Waals surface area (Å²) >= 11 is 0. The number of amides is 1. The maximum atomic E-state index is 13.8. The van der Waals surface area contributed by atoms with Crippen molar-refractivity contribution >= 4 is 17.2 Å². The van der Waals surface area contributed by atoms with Crippen LogP contribution in [0.3, 0.4) is 0 Å². The van der Waals surface area contributed by atoms with Crippen molar-refractivity contribution in [2.75, 3.05) is 5.32 Å². The van der Waals surface area contributed by atoms with Gasteiger partial charge in [-0.05, 0) is 38.0 Å². The van der Waals surface area contributed by atoms with E-state index < -0.39 is 46.5 Å². The lowest BCUT2D eigenvalue weighted by atomic mass is 10.1. The molecule has 0 unspecified atom stereocenters. The lowest BCUT2D eigenvalue weighted by molar-refractivity contribution is -0.116. The second kappa shape index (κ2) is 8.81. The van der Waals surface area contributed by atoms with Crippen molar-refractivity contribution in [1.29, 1.82) is 0 Å². The highest BCUT2D eigenvalue weighted by atomic mass is 19.2. The van der Waals surface area contributed by atoms with Crippen molar-refractivity contribution < 1.29 is 31.1 Å². The summed E-state index contributed by atoms with van der Waals surface area (Å²) in [5, 5.41) is 6.19. The van der Waals surface area contributed by atoms with E-state index in [-0.39, 0.29) is 12.8 Å². The Labute approximate surface area is 189 Å². The normalized spacial score (nSPS) is 11.3. The molecule has 5 nitrogen and oxygen atoms in total. The number of carbonyl (C=O) groups is 1. The topological polar surface area (TPSA) is 59.3 Å². The highest BCUT2D eigenvalue weighted by Gasteiger charge is 2.27. The third-order valence-electron chi connectivity index (χ3n) is 5.36. The Bertz CT molecular complexity index is 1420. The van der Waals surface area contributed by atoms with Gasteiger partial charge in [-0.15, -0.1) is 0 Å². The average Bonchev–Trinajstić information content (AvgIpc) is 3.23. The Morgan fingerprint density at radius 3 is 2.24 bits per heavy atom. The van der Waals surface area contributed by atoms with E-state index in [0.29, 0.717) is 33.9 Å². The molecular weight excluding hydrogens is 462 g/mol. The van der Waals surface area contributed by atoms with Gasteiger partial charge in [0, 0.05) is 29.4 Å². The monoisotopic (exact) mass is 478 g/mol. The molecule has 2 heterocycles. The maximum absolute atomic E-state index is 13.8. The first-order valence-electron chi connectivity index (χ1n) is 10.0. The summed E-state index contributed by atoms with van der Waals surface area (Å²) < 4.78 is 82.6. The summed E-state index contributed by atoms with van der Waals surface area (Å²) in [7, 11) is 0. The standard InChI is InChI=1S/C23H16F6N4O/c1-10-14(6-7-17(34)31-23-21(28)19(26)18(25)20(27)22(23)29)11(2)33-16(30-10)9-15(32-33)12-4-3-5-13(24)8-12/h3-5,8-9H,6-7H2,1-2H3,(H,31,34). The molecule has 2 aromatic heterocycles. The van der Waals surface area contributed by atoms with Crippen molar-refractivity contribution in [3.8, 4) is 11.3 Å². The minimum atomic E-state index is -2.31. The number of benzene rings is 2. The smallest absolute Gasteiger partial charge is 0.224 e. The number of hydrogen-bond acceptors (Lipinski definition) is 3. The first-order valence-corrected chi connectivity index (χ1v) is 10.0. The number of hydrogen-bond donors (Lipinski definition) is 1. The van der Waals surface area contributed by atoms with Crippen LogP contribution in [0.5, 0.6) is 0 Å². The van der Waals surface area contributed by atoms with E-state index in [1.54, 1.807) is 37.4 Å². The van der Waals surface area contributed by atoms with Crippen LogP contribution in [0.2, 0.25) is 0 Å². The van der Waals surface area contributed by atoms with E-state index in [9.17, 15) is 31.1 Å². The number of nitrogens with zero attached hydrogens (tertiary/aromatic N) is 3. The van der Waals surface area contributed by atoms with E-state index in [2.05, 4.69) is 10.1 Å². The van der Waals surface area contributed by atoms with Crippen LogP contribution in [0.4, 0.5) is 32.0 Å². The van der Waals surface area contributed by atoms with Crippen LogP contribution in [0.25, 0.3) is 16.9 Å². The fourth-order valence-corrected chi connectivity index (χ4v) is 3.63. The number of aromatic nitrogens is 3. The molecule has 2 aromatic carbocycles. The Kier molecular flexibility index (Phi) is 6.03. The lowest BCUT2D eigenvalue weighted by Gasteiger charge is -2.12. The molecule has 1 amide bonds. The van der Waals surface area contributed by atoms with Crippen molar-refractivity contribution in [3.63, 3.8) is 0 Å². The van der Waals surface area contributed by atoms with Crippen LogP contribution < -0.4 is 5.32 Å². The van der Waals surface area contributed by atoms with Gasteiger partial charge < -0.3 is 5.32 Å². The predicted molar refractivity (Wildman–Crippen MR) is 111 cm³/mol. The van der Waals surface area contributed by atoms with Gasteiger partial charge in [-0.1, -0.05) is 12.1 Å². The number of nitrogens with one attached hydrogen (secondary N) is 1. The molecule has 0 bridgehead atoms. The first kappa shape index (κ1) is 23.3. The summed E-state index contributed by atoms with van der Waals surface area (Å²) in [5.74, 6) is -12.2. The lowest BCUT2D eigenvalue weighted by Crippen LogP contribution is -2.18. The molecule has 176 valence electrons. The SMILES string of the molecule is Cc1nc2cc(-c3cccc(F)c3)nn2c(C)c1CCC(=O)Nc1c(F)c(F)c(F)c(F)c1F. The number of rotatable bonds is 5. The summed E-state index contributed by atoms with van der Waals surface area (Å²) in [5.41, 5.74) is 1.89. The number of halogens is 6. The molecule has 0 atom stereocenters. The highest BCUT2D eigenvalue weighted by molar-refractivity contribution is 5.91. The van der Waals surface area contributed by atoms with Gasteiger partial charge in [-0.3, -0.25) is 4.79 Å². The van der Waals surface area contributed by atoms with Crippen molar-refractivity contribution in [3.05, 3.63) is 82.2 Å². The molecule has 0 saturated heterocycles. The molecule has 1 N–H and O–H groups in total. The summed E-state index contributed by atoms with van der Waals surface area (Å²) in [4.78, 5) is 16.7. The van der Waals surface area contributed by atoms with Crippen LogP contribution >= 0.6 is 0 Å². The van der Waals surface area contributed by atoms with Crippen LogP contribution in [-0.4, -0.2) is 20.5 Å². The fraction of sp³-hybridized carbons (Fsp3) is 0.174. The number of aryl methyl sites for hydroxylation is 2. The fourth-order valence-electron chi connectivity index (χ4n) is 3.63. The average molecular weight is 478 g/mol. The van der Waals surface area contributed by atoms with E-state index in [1.165, 1.54) is 16.6 Å². The van der Waals surface area contributed by atoms with Gasteiger partial charge in [0.2, 0.25) is 11.7 Å². The Balaban J connectivity index is 1.58. The molecule has 0 aliphatic rings. The molecule has 0 aliphatic carbocycles. The van der Waals surface area contributed by atoms with E-state index >= 15 is 0 Å². The molecule has 0 fully saturated rings. The maximum Gasteiger partial charge on any atom is 0.224 e. The van der Waals surface area contributed by atoms with Gasteiger partial charge in [-0.2, -0.15) is 5.10 Å². The zero-order chi connectivity index (χ0) is 24.7. The van der Waals surface area contributed by atoms with Crippen molar-refractivity contribution in [2.45, 2.75) is 26.7 Å². The first-order chi connectivity index (χ1) is 16.1. The molecule has 0 saturated carbocycles. The van der Waals surface area contributed by atoms with Crippen LogP contribution in [0, 0.1) is 48.8 Å². The Hall–Kier alpha value is -3.89. The molecule has 0 aliphatic heterocycles. The quantitative estimate of drug-likeness (QED) is 0.237. The van der Waals surface area contributed by atoms with Crippen LogP contribution in [0.1, 0.15) is 23.4 Å². The van der Waals surface area contributed by atoms with Gasteiger partial charge in [0.15, 0.2) is 28.9 Å². The van der Waals surface area contributed by atoms with Crippen molar-refractivity contribution in [1.82, 2.24) is 14.6 Å². The van der Waals surface area contributed by atoms with Crippen LogP contribution in [0.15, 0.2) is 30.3 Å². The molecule has 0 spiro atoms. The number of anilines is 1. The largest absolute Gasteiger partial charge is 0.321 e. The third kappa shape index (κ3) is 4.09.